The van der Waals surface area contributed by atoms with Crippen LogP contribution in [0.25, 0.3) is 0 Å². The largest absolute Gasteiger partial charge is 0.410 e. The minimum Gasteiger partial charge on any atom is -0.410 e. The van der Waals surface area contributed by atoms with Gasteiger partial charge < -0.3 is 14.5 Å². The molecule has 3 aromatic rings. The molecule has 1 N–H and O–H groups in total. The van der Waals surface area contributed by atoms with E-state index < -0.39 is 17.2 Å². The zero-order chi connectivity index (χ0) is 23.9. The molecule has 1 spiro atoms. The van der Waals surface area contributed by atoms with Gasteiger partial charge in [0, 0.05) is 56.3 Å². The van der Waals surface area contributed by atoms with E-state index in [0.29, 0.717) is 18.8 Å². The summed E-state index contributed by atoms with van der Waals surface area (Å²) in [5.74, 6) is -1.99. The topological polar surface area (TPSA) is 80.0 Å². The molecule has 2 aliphatic rings. The Morgan fingerprint density at radius 2 is 1.97 bits per heavy atom. The fourth-order valence-corrected chi connectivity index (χ4v) is 4.82. The summed E-state index contributed by atoms with van der Waals surface area (Å²) in [5, 5.41) is 12.6. The summed E-state index contributed by atoms with van der Waals surface area (Å²) >= 11 is 0. The van der Waals surface area contributed by atoms with Gasteiger partial charge in [0.1, 0.15) is 5.71 Å². The van der Waals surface area contributed by atoms with E-state index in [9.17, 15) is 18.8 Å². The number of nitrogens with zero attached hydrogens (tertiary/aromatic N) is 4. The molecule has 0 radical (unpaired) electrons. The number of hydrogen-bond acceptors (Lipinski definition) is 6. The predicted molar refractivity (Wildman–Crippen MR) is 121 cm³/mol. The Labute approximate surface area is 194 Å². The summed E-state index contributed by atoms with van der Waals surface area (Å²) in [6, 6.07) is 8.59. The molecule has 34 heavy (non-hydrogen) atoms. The van der Waals surface area contributed by atoms with Crippen molar-refractivity contribution < 1.29 is 18.7 Å². The van der Waals surface area contributed by atoms with E-state index in [1.165, 1.54) is 6.07 Å². The molecule has 0 saturated carbocycles. The van der Waals surface area contributed by atoms with Crippen molar-refractivity contribution in [3.05, 3.63) is 98.7 Å². The molecule has 0 atom stereocenters. The first-order valence-corrected chi connectivity index (χ1v) is 11.1. The van der Waals surface area contributed by atoms with Crippen LogP contribution in [-0.2, 0) is 30.5 Å². The van der Waals surface area contributed by atoms with Gasteiger partial charge in [-0.05, 0) is 48.2 Å². The molecule has 4 heterocycles. The van der Waals surface area contributed by atoms with Crippen LogP contribution < -0.4 is 5.56 Å². The van der Waals surface area contributed by atoms with E-state index in [2.05, 4.69) is 15.0 Å². The second kappa shape index (κ2) is 8.73. The molecule has 2 aliphatic heterocycles. The van der Waals surface area contributed by atoms with Crippen LogP contribution in [-0.4, -0.2) is 38.5 Å². The van der Waals surface area contributed by atoms with Gasteiger partial charge in [-0.15, -0.1) is 0 Å². The van der Waals surface area contributed by atoms with Gasteiger partial charge in [-0.3, -0.25) is 14.7 Å². The fourth-order valence-electron chi connectivity index (χ4n) is 4.82. The van der Waals surface area contributed by atoms with Crippen LogP contribution in [0.4, 0.5) is 8.78 Å². The zero-order valence-corrected chi connectivity index (χ0v) is 18.7. The molecule has 9 heteroatoms. The zero-order valence-electron chi connectivity index (χ0n) is 18.7. The lowest BCUT2D eigenvalue weighted by Gasteiger charge is -2.39. The number of hydrogen-bond donors (Lipinski definition) is 1. The molecule has 1 saturated heterocycles. The van der Waals surface area contributed by atoms with Crippen molar-refractivity contribution in [3.63, 3.8) is 0 Å². The maximum atomic E-state index is 13.6. The van der Waals surface area contributed by atoms with E-state index in [0.717, 1.165) is 54.8 Å². The van der Waals surface area contributed by atoms with Crippen LogP contribution >= 0.6 is 0 Å². The normalized spacial score (nSPS) is 17.8. The number of rotatable bonds is 4. The number of likely N-dealkylation sites (tertiary alicyclic amines) is 1. The van der Waals surface area contributed by atoms with Crippen LogP contribution in [0, 0.1) is 11.6 Å². The van der Waals surface area contributed by atoms with Crippen LogP contribution in [0.1, 0.15) is 40.8 Å². The molecule has 1 fully saturated rings. The van der Waals surface area contributed by atoms with Crippen molar-refractivity contribution in [2.75, 3.05) is 13.1 Å². The van der Waals surface area contributed by atoms with Crippen LogP contribution in [0.15, 0.2) is 58.7 Å². The van der Waals surface area contributed by atoms with Crippen molar-refractivity contribution in [1.29, 1.82) is 0 Å². The first-order valence-electron chi connectivity index (χ1n) is 11.1. The Morgan fingerprint density at radius 3 is 2.65 bits per heavy atom. The lowest BCUT2D eigenvalue weighted by atomic mass is 9.84. The van der Waals surface area contributed by atoms with Crippen molar-refractivity contribution >= 4 is 5.71 Å². The van der Waals surface area contributed by atoms with Crippen molar-refractivity contribution in [3.8, 4) is 0 Å². The van der Waals surface area contributed by atoms with Crippen LogP contribution in [0.2, 0.25) is 0 Å². The first-order chi connectivity index (χ1) is 16.4. The molecule has 0 amide bonds. The molecular weight excluding hydrogens is 442 g/mol. The van der Waals surface area contributed by atoms with E-state index in [4.69, 9.17) is 4.74 Å². The fraction of sp³-hybridized carbons (Fsp3) is 0.320. The molecule has 0 unspecified atom stereocenters. The van der Waals surface area contributed by atoms with E-state index >= 15 is 0 Å². The minimum atomic E-state index is -1.02. The smallest absolute Gasteiger partial charge is 0.250 e. The summed E-state index contributed by atoms with van der Waals surface area (Å²) in [6.45, 7) is 2.84. The lowest BCUT2D eigenvalue weighted by molar-refractivity contribution is -0.0799. The number of fused-ring (bicyclic) bond motifs is 2. The number of pyridine rings is 2. The Hall–Kier alpha value is -3.43. The maximum absolute atomic E-state index is 13.6. The second-order valence-corrected chi connectivity index (χ2v) is 8.85. The second-order valence-electron chi connectivity index (χ2n) is 8.85. The summed E-state index contributed by atoms with van der Waals surface area (Å²) in [5.41, 5.74) is 3.32. The third-order valence-electron chi connectivity index (χ3n) is 6.74. The van der Waals surface area contributed by atoms with Gasteiger partial charge >= 0.3 is 0 Å². The van der Waals surface area contributed by atoms with Gasteiger partial charge in [0.05, 0.1) is 17.9 Å². The number of benzene rings is 1. The third-order valence-corrected chi connectivity index (χ3v) is 6.74. The van der Waals surface area contributed by atoms with Gasteiger partial charge in [0.2, 0.25) is 0 Å². The highest BCUT2D eigenvalue weighted by Gasteiger charge is 2.43. The average molecular weight is 466 g/mol. The molecule has 0 aliphatic carbocycles. The van der Waals surface area contributed by atoms with Crippen LogP contribution in [0.3, 0.4) is 0 Å². The summed E-state index contributed by atoms with van der Waals surface area (Å²) in [6.07, 6.45) is 5.17. The van der Waals surface area contributed by atoms with Crippen molar-refractivity contribution in [2.45, 2.75) is 31.6 Å². The molecule has 5 rings (SSSR count). The lowest BCUT2D eigenvalue weighted by Crippen LogP contribution is -2.42. The van der Waals surface area contributed by atoms with Crippen molar-refractivity contribution in [2.24, 2.45) is 12.2 Å². The summed E-state index contributed by atoms with van der Waals surface area (Å²) < 4.78 is 34.6. The Balaban J connectivity index is 1.25. The third kappa shape index (κ3) is 4.01. The number of halogens is 2. The molecule has 7 nitrogen and oxygen atoms in total. The Bertz CT molecular complexity index is 1310. The van der Waals surface area contributed by atoms with Gasteiger partial charge in [-0.25, -0.2) is 8.78 Å². The first kappa shape index (κ1) is 22.4. The summed E-state index contributed by atoms with van der Waals surface area (Å²) in [4.78, 5) is 18.8. The molecular formula is C25H24F2N4O3. The number of ether oxygens (including phenoxy) is 1. The molecule has 176 valence electrons. The molecule has 1 aromatic carbocycles. The van der Waals surface area contributed by atoms with E-state index in [-0.39, 0.29) is 16.8 Å². The maximum Gasteiger partial charge on any atom is 0.250 e. The van der Waals surface area contributed by atoms with Gasteiger partial charge in [-0.2, -0.15) is 0 Å². The molecule has 0 bridgehead atoms. The number of aryl methyl sites for hydroxylation is 1. The number of aromatic nitrogens is 2. The predicted octanol–water partition coefficient (Wildman–Crippen LogP) is 3.31. The van der Waals surface area contributed by atoms with Crippen LogP contribution in [0.5, 0.6) is 0 Å². The number of piperidine rings is 1. The van der Waals surface area contributed by atoms with Gasteiger partial charge in [-0.1, -0.05) is 11.2 Å². The number of oxime groups is 1. The van der Waals surface area contributed by atoms with Crippen molar-refractivity contribution in [1.82, 2.24) is 14.5 Å². The highest BCUT2D eigenvalue weighted by molar-refractivity contribution is 6.11. The monoisotopic (exact) mass is 466 g/mol. The average Bonchev–Trinajstić information content (AvgIpc) is 3.16. The summed E-state index contributed by atoms with van der Waals surface area (Å²) in [7, 11) is 1.75. The van der Waals surface area contributed by atoms with Gasteiger partial charge in [0.25, 0.3) is 5.56 Å². The van der Waals surface area contributed by atoms with Gasteiger partial charge in [0.15, 0.2) is 11.6 Å². The Morgan fingerprint density at radius 1 is 1.18 bits per heavy atom. The SMILES string of the molecule is Cn1cc2c(cc1=O)C1(CCN(Cc3ccc(/C(=N/O)c4ccc(F)c(F)c4)nc3)CC1)OC2. The quantitative estimate of drug-likeness (QED) is 0.363. The Kier molecular flexibility index (Phi) is 5.75. The minimum absolute atomic E-state index is 0.0219. The highest BCUT2D eigenvalue weighted by Crippen LogP contribution is 2.43. The van der Waals surface area contributed by atoms with E-state index in [1.807, 2.05) is 12.3 Å². The highest BCUT2D eigenvalue weighted by atomic mass is 19.2. The van der Waals surface area contributed by atoms with E-state index in [1.54, 1.807) is 29.9 Å². The standard InChI is InChI=1S/C25H24F2N4O3/c1-30-14-18-15-34-25(19(18)11-23(30)32)6-8-31(9-7-25)13-16-2-5-22(28-12-16)24(29-33)17-3-4-20(26)21(27)10-17/h2-5,10-12,14,33H,6-9,13,15H2,1H3/b29-24+. The molecule has 2 aromatic heterocycles.